The van der Waals surface area contributed by atoms with E-state index >= 15 is 0 Å². The molecule has 4 nitrogen and oxygen atoms in total. The summed E-state index contributed by atoms with van der Waals surface area (Å²) in [5.41, 5.74) is 0.482. The van der Waals surface area contributed by atoms with Crippen LogP contribution in [0.3, 0.4) is 0 Å². The highest BCUT2D eigenvalue weighted by molar-refractivity contribution is 6.31. The van der Waals surface area contributed by atoms with Crippen molar-refractivity contribution in [2.45, 2.75) is 18.9 Å². The van der Waals surface area contributed by atoms with Crippen LogP contribution in [-0.2, 0) is 9.53 Å². The van der Waals surface area contributed by atoms with Gasteiger partial charge in [-0.3, -0.25) is 4.79 Å². The van der Waals surface area contributed by atoms with Gasteiger partial charge in [-0.15, -0.1) is 12.4 Å². The Morgan fingerprint density at radius 1 is 1.50 bits per heavy atom. The molecule has 0 aromatic heterocycles. The quantitative estimate of drug-likeness (QED) is 0.876. The molecule has 1 atom stereocenters. The molecule has 0 aliphatic carbocycles. The molecule has 0 radical (unpaired) electrons. The Kier molecular flexibility index (Phi) is 7.23. The van der Waals surface area contributed by atoms with E-state index in [0.29, 0.717) is 12.2 Å². The Labute approximate surface area is 128 Å². The summed E-state index contributed by atoms with van der Waals surface area (Å²) in [7, 11) is 0. The average molecular weight is 323 g/mol. The molecule has 0 bridgehead atoms. The van der Waals surface area contributed by atoms with Crippen LogP contribution >= 0.6 is 24.0 Å². The lowest BCUT2D eigenvalue weighted by molar-refractivity contribution is -0.115. The number of rotatable bonds is 5. The Bertz CT molecular complexity index is 454. The van der Waals surface area contributed by atoms with Crippen LogP contribution in [0.15, 0.2) is 18.2 Å². The van der Waals surface area contributed by atoms with Crippen molar-refractivity contribution in [3.63, 3.8) is 0 Å². The van der Waals surface area contributed by atoms with Gasteiger partial charge in [-0.1, -0.05) is 11.6 Å². The number of hydrogen-bond donors (Lipinski definition) is 2. The SMILES string of the molecule is Cl.O=C(CNCC1CCCO1)Nc1ccc(F)c(Cl)c1. The van der Waals surface area contributed by atoms with E-state index in [9.17, 15) is 9.18 Å². The molecule has 1 aromatic carbocycles. The topological polar surface area (TPSA) is 50.4 Å². The molecule has 2 rings (SSSR count). The van der Waals surface area contributed by atoms with E-state index in [1.165, 1.54) is 18.2 Å². The summed E-state index contributed by atoms with van der Waals surface area (Å²) >= 11 is 5.63. The first kappa shape index (κ1) is 17.2. The molecule has 1 amide bonds. The molecule has 0 saturated carbocycles. The molecule has 1 aliphatic rings. The summed E-state index contributed by atoms with van der Waals surface area (Å²) in [6.07, 6.45) is 2.31. The van der Waals surface area contributed by atoms with Crippen LogP contribution in [0.2, 0.25) is 5.02 Å². The van der Waals surface area contributed by atoms with Gasteiger partial charge in [0.25, 0.3) is 0 Å². The average Bonchev–Trinajstić information content (AvgIpc) is 2.87. The fourth-order valence-electron chi connectivity index (χ4n) is 1.93. The molecule has 1 saturated heterocycles. The minimum absolute atomic E-state index is 0. The number of carbonyl (C=O) groups is 1. The summed E-state index contributed by atoms with van der Waals surface area (Å²) in [4.78, 5) is 11.6. The summed E-state index contributed by atoms with van der Waals surface area (Å²) in [6, 6.07) is 4.08. The molecule has 1 fully saturated rings. The van der Waals surface area contributed by atoms with Gasteiger partial charge in [-0.05, 0) is 31.0 Å². The molecule has 0 spiro atoms. The van der Waals surface area contributed by atoms with Crippen molar-refractivity contribution in [1.29, 1.82) is 0 Å². The van der Waals surface area contributed by atoms with Gasteiger partial charge in [0.05, 0.1) is 17.7 Å². The van der Waals surface area contributed by atoms with Gasteiger partial charge < -0.3 is 15.4 Å². The van der Waals surface area contributed by atoms with Crippen molar-refractivity contribution in [2.75, 3.05) is 25.0 Å². The Balaban J connectivity index is 0.00000200. The molecular weight excluding hydrogens is 306 g/mol. The predicted molar refractivity (Wildman–Crippen MR) is 79.1 cm³/mol. The van der Waals surface area contributed by atoms with E-state index < -0.39 is 5.82 Å². The van der Waals surface area contributed by atoms with Crippen LogP contribution in [0.1, 0.15) is 12.8 Å². The van der Waals surface area contributed by atoms with Gasteiger partial charge in [0.15, 0.2) is 0 Å². The van der Waals surface area contributed by atoms with Gasteiger partial charge in [-0.25, -0.2) is 4.39 Å². The Hall–Kier alpha value is -0.880. The van der Waals surface area contributed by atoms with Crippen molar-refractivity contribution in [3.05, 3.63) is 29.0 Å². The Morgan fingerprint density at radius 2 is 2.30 bits per heavy atom. The van der Waals surface area contributed by atoms with Crippen LogP contribution < -0.4 is 10.6 Å². The third kappa shape index (κ3) is 5.25. The van der Waals surface area contributed by atoms with Gasteiger partial charge >= 0.3 is 0 Å². The Morgan fingerprint density at radius 3 is 2.95 bits per heavy atom. The fraction of sp³-hybridized carbons (Fsp3) is 0.462. The number of amides is 1. The van der Waals surface area contributed by atoms with Gasteiger partial charge in [0.1, 0.15) is 5.82 Å². The lowest BCUT2D eigenvalue weighted by Gasteiger charge is -2.11. The molecule has 1 heterocycles. The summed E-state index contributed by atoms with van der Waals surface area (Å²) in [5, 5.41) is 5.66. The van der Waals surface area contributed by atoms with E-state index in [4.69, 9.17) is 16.3 Å². The lowest BCUT2D eigenvalue weighted by Crippen LogP contribution is -2.33. The maximum Gasteiger partial charge on any atom is 0.238 e. The van der Waals surface area contributed by atoms with Crippen LogP contribution in [0.4, 0.5) is 10.1 Å². The van der Waals surface area contributed by atoms with Crippen LogP contribution in [-0.4, -0.2) is 31.7 Å². The molecule has 20 heavy (non-hydrogen) atoms. The number of nitrogens with one attached hydrogen (secondary N) is 2. The molecule has 1 aromatic rings. The van der Waals surface area contributed by atoms with E-state index in [1.54, 1.807) is 0 Å². The maximum absolute atomic E-state index is 12.9. The first-order valence-electron chi connectivity index (χ1n) is 6.22. The standard InChI is InChI=1S/C13H16ClFN2O2.ClH/c14-11-6-9(3-4-12(11)15)17-13(18)8-16-7-10-2-1-5-19-10;/h3-4,6,10,16H,1-2,5,7-8H2,(H,17,18);1H. The minimum Gasteiger partial charge on any atom is -0.377 e. The zero-order valence-electron chi connectivity index (χ0n) is 10.8. The van der Waals surface area contributed by atoms with E-state index in [0.717, 1.165) is 19.4 Å². The first-order valence-corrected chi connectivity index (χ1v) is 6.60. The van der Waals surface area contributed by atoms with E-state index in [1.807, 2.05) is 0 Å². The zero-order valence-corrected chi connectivity index (χ0v) is 12.4. The van der Waals surface area contributed by atoms with E-state index in [2.05, 4.69) is 10.6 Å². The highest BCUT2D eigenvalue weighted by atomic mass is 35.5. The third-order valence-corrected chi connectivity index (χ3v) is 3.17. The van der Waals surface area contributed by atoms with Gasteiger partial charge in [0, 0.05) is 18.8 Å². The second-order valence-corrected chi connectivity index (χ2v) is 4.85. The van der Waals surface area contributed by atoms with Crippen molar-refractivity contribution in [1.82, 2.24) is 5.32 Å². The van der Waals surface area contributed by atoms with Crippen molar-refractivity contribution in [3.8, 4) is 0 Å². The molecule has 1 aliphatic heterocycles. The molecule has 112 valence electrons. The minimum atomic E-state index is -0.504. The molecule has 2 N–H and O–H groups in total. The molecule has 7 heteroatoms. The first-order chi connectivity index (χ1) is 9.15. The smallest absolute Gasteiger partial charge is 0.238 e. The largest absolute Gasteiger partial charge is 0.377 e. The number of anilines is 1. The third-order valence-electron chi connectivity index (χ3n) is 2.88. The van der Waals surface area contributed by atoms with Crippen LogP contribution in [0.5, 0.6) is 0 Å². The number of benzene rings is 1. The number of carbonyl (C=O) groups excluding carboxylic acids is 1. The summed E-state index contributed by atoms with van der Waals surface area (Å²) in [6.45, 7) is 1.65. The van der Waals surface area contributed by atoms with Crippen LogP contribution in [0.25, 0.3) is 0 Å². The van der Waals surface area contributed by atoms with Crippen LogP contribution in [0, 0.1) is 5.82 Å². The number of hydrogen-bond acceptors (Lipinski definition) is 3. The van der Waals surface area contributed by atoms with Crippen molar-refractivity contribution >= 4 is 35.6 Å². The highest BCUT2D eigenvalue weighted by Gasteiger charge is 2.15. The highest BCUT2D eigenvalue weighted by Crippen LogP contribution is 2.19. The summed E-state index contributed by atoms with van der Waals surface area (Å²) in [5.74, 6) is -0.697. The fourth-order valence-corrected chi connectivity index (χ4v) is 2.11. The van der Waals surface area contributed by atoms with Gasteiger partial charge in [0.2, 0.25) is 5.91 Å². The summed E-state index contributed by atoms with van der Waals surface area (Å²) < 4.78 is 18.4. The second kappa shape index (κ2) is 8.42. The molecule has 1 unspecified atom stereocenters. The van der Waals surface area contributed by atoms with E-state index in [-0.39, 0.29) is 36.0 Å². The van der Waals surface area contributed by atoms with Crippen molar-refractivity contribution < 1.29 is 13.9 Å². The second-order valence-electron chi connectivity index (χ2n) is 4.44. The zero-order chi connectivity index (χ0) is 13.7. The molecular formula is C13H17Cl2FN2O2. The normalized spacial score (nSPS) is 17.6. The predicted octanol–water partition coefficient (Wildman–Crippen LogP) is 2.61. The number of ether oxygens (including phenoxy) is 1. The lowest BCUT2D eigenvalue weighted by atomic mass is 10.2. The van der Waals surface area contributed by atoms with Gasteiger partial charge in [-0.2, -0.15) is 0 Å². The number of halogens is 3. The van der Waals surface area contributed by atoms with Crippen molar-refractivity contribution in [2.24, 2.45) is 0 Å². The monoisotopic (exact) mass is 322 g/mol. The maximum atomic E-state index is 12.9.